The van der Waals surface area contributed by atoms with Crippen LogP contribution in [0, 0.1) is 0 Å². The van der Waals surface area contributed by atoms with Crippen molar-refractivity contribution in [1.82, 2.24) is 46.8 Å². The van der Waals surface area contributed by atoms with Crippen molar-refractivity contribution in [3.05, 3.63) is 83.9 Å². The van der Waals surface area contributed by atoms with Crippen LogP contribution in [0.4, 0.5) is 0 Å². The second-order valence-electron chi connectivity index (χ2n) is 17.2. The third kappa shape index (κ3) is 19.2. The van der Waals surface area contributed by atoms with Gasteiger partial charge in [0.2, 0.25) is 41.4 Å². The number of thiol groups is 1. The lowest BCUT2D eigenvalue weighted by Gasteiger charge is -2.30. The van der Waals surface area contributed by atoms with Crippen molar-refractivity contribution in [1.29, 1.82) is 0 Å². The summed E-state index contributed by atoms with van der Waals surface area (Å²) in [5, 5.41) is 44.6. The molecular formula is C47H65N13O12S2. The van der Waals surface area contributed by atoms with Gasteiger partial charge in [-0.15, -0.1) is 0 Å². The van der Waals surface area contributed by atoms with E-state index >= 15 is 0 Å². The number of hydrogen-bond donors (Lipinski definition) is 14. The summed E-state index contributed by atoms with van der Waals surface area (Å²) in [6.07, 6.45) is 2.48. The van der Waals surface area contributed by atoms with Gasteiger partial charge in [0.1, 0.15) is 48.0 Å². The zero-order valence-corrected chi connectivity index (χ0v) is 42.3. The number of benzene rings is 2. The molecule has 2 aromatic carbocycles. The van der Waals surface area contributed by atoms with Crippen molar-refractivity contribution in [2.75, 3.05) is 30.3 Å². The summed E-state index contributed by atoms with van der Waals surface area (Å²) in [6, 6.07) is 3.70. The molecule has 74 heavy (non-hydrogen) atoms. The Bertz CT molecular complexity index is 2410. The minimum absolute atomic E-state index is 0.00446. The van der Waals surface area contributed by atoms with E-state index < -0.39 is 108 Å². The molecule has 4 rings (SSSR count). The van der Waals surface area contributed by atoms with Crippen molar-refractivity contribution in [3.8, 4) is 5.75 Å². The molecule has 0 unspecified atom stereocenters. The zero-order chi connectivity index (χ0) is 54.3. The first-order valence-electron chi connectivity index (χ1n) is 23.7. The van der Waals surface area contributed by atoms with E-state index in [0.29, 0.717) is 29.0 Å². The van der Waals surface area contributed by atoms with E-state index in [1.807, 2.05) is 6.92 Å². The Morgan fingerprint density at radius 2 is 1.38 bits per heavy atom. The van der Waals surface area contributed by atoms with E-state index in [-0.39, 0.29) is 74.8 Å². The van der Waals surface area contributed by atoms with E-state index in [1.165, 1.54) is 53.5 Å². The minimum atomic E-state index is -1.52. The molecule has 1 saturated heterocycles. The van der Waals surface area contributed by atoms with Gasteiger partial charge < -0.3 is 74.3 Å². The highest BCUT2D eigenvalue weighted by molar-refractivity contribution is 7.99. The Kier molecular flexibility index (Phi) is 24.0. The number of H-pyrrole nitrogens is 1. The Hall–Kier alpha value is -7.39. The number of amides is 7. The molecule has 1 aliphatic heterocycles. The van der Waals surface area contributed by atoms with Crippen LogP contribution in [0.3, 0.4) is 0 Å². The topological polar surface area (TPSA) is 409 Å². The van der Waals surface area contributed by atoms with Crippen LogP contribution in [-0.2, 0) is 62.4 Å². The maximum absolute atomic E-state index is 14.5. The number of aromatic amines is 1. The molecule has 402 valence electrons. The van der Waals surface area contributed by atoms with Crippen LogP contribution in [0.1, 0.15) is 55.8 Å². The summed E-state index contributed by atoms with van der Waals surface area (Å²) in [5.41, 5.74) is 18.1. The largest absolute Gasteiger partial charge is 0.508 e. The number of aromatic nitrogens is 2. The van der Waals surface area contributed by atoms with Gasteiger partial charge in [0.15, 0.2) is 5.96 Å². The molecule has 3 aromatic rings. The van der Waals surface area contributed by atoms with Gasteiger partial charge >= 0.3 is 11.9 Å². The molecule has 0 bridgehead atoms. The highest BCUT2D eigenvalue weighted by atomic mass is 32.2. The number of carbonyl (C=O) groups excluding carboxylic acids is 7. The van der Waals surface area contributed by atoms with Crippen LogP contribution in [0.2, 0.25) is 0 Å². The molecule has 25 nitrogen and oxygen atoms in total. The van der Waals surface area contributed by atoms with Crippen molar-refractivity contribution in [2.24, 2.45) is 22.2 Å². The normalized spacial score (nSPS) is 15.9. The number of aliphatic imine (C=N–C) groups is 1. The number of thioether (sulfide) groups is 1. The molecule has 7 amide bonds. The SMILES string of the molecule is CCSC[C@H](NC(=O)[C@H](Cc1ccc(O)cc1)NC(=O)[C@H](CS)NC(=O)[C@H](CCCN=C(N)N)NC(=O)[C@@H](N)CC(=O)O)C(=O)N[C@@H](Cc1cnc[nH]1)C(=O)N1CCC[C@H]1C(=O)N[C@@H](Cc1ccccc1)C(=O)O. The lowest BCUT2D eigenvalue weighted by molar-refractivity contribution is -0.145. The monoisotopic (exact) mass is 1070 g/mol. The number of aliphatic carboxylic acids is 2. The minimum Gasteiger partial charge on any atom is -0.508 e. The average molecular weight is 1070 g/mol. The lowest BCUT2D eigenvalue weighted by Crippen LogP contribution is -2.61. The molecule has 0 spiro atoms. The molecule has 8 atom stereocenters. The summed E-state index contributed by atoms with van der Waals surface area (Å²) in [6.45, 7) is 1.99. The number of nitrogens with two attached hydrogens (primary N) is 3. The van der Waals surface area contributed by atoms with Crippen LogP contribution < -0.4 is 49.1 Å². The highest BCUT2D eigenvalue weighted by Gasteiger charge is 2.40. The van der Waals surface area contributed by atoms with Gasteiger partial charge in [0.05, 0.1) is 18.8 Å². The van der Waals surface area contributed by atoms with Gasteiger partial charge in [0, 0.05) is 55.7 Å². The molecule has 0 radical (unpaired) electrons. The second kappa shape index (κ2) is 30.0. The van der Waals surface area contributed by atoms with Crippen LogP contribution in [0.15, 0.2) is 72.1 Å². The van der Waals surface area contributed by atoms with E-state index in [0.717, 1.165) is 0 Å². The van der Waals surface area contributed by atoms with Gasteiger partial charge in [-0.3, -0.25) is 43.3 Å². The number of hydrogen-bond acceptors (Lipinski definition) is 15. The van der Waals surface area contributed by atoms with Crippen molar-refractivity contribution in [2.45, 2.75) is 107 Å². The van der Waals surface area contributed by atoms with Gasteiger partial charge in [-0.2, -0.15) is 24.4 Å². The summed E-state index contributed by atoms with van der Waals surface area (Å²) in [5.74, 6) is -8.50. The molecule has 0 saturated carbocycles. The zero-order valence-electron chi connectivity index (χ0n) is 40.6. The van der Waals surface area contributed by atoms with Crippen LogP contribution in [0.5, 0.6) is 5.75 Å². The quantitative estimate of drug-likeness (QED) is 0.0144. The van der Waals surface area contributed by atoms with E-state index in [2.05, 4.69) is 59.5 Å². The molecule has 16 N–H and O–H groups in total. The number of carboxylic acids is 2. The summed E-state index contributed by atoms with van der Waals surface area (Å²) < 4.78 is 0. The number of nitrogens with zero attached hydrogens (tertiary/aromatic N) is 3. The van der Waals surface area contributed by atoms with E-state index in [9.17, 15) is 53.4 Å². The third-order valence-corrected chi connectivity index (χ3v) is 12.9. The van der Waals surface area contributed by atoms with Crippen molar-refractivity contribution >= 4 is 83.6 Å². The average Bonchev–Trinajstić information content (AvgIpc) is 4.08. The van der Waals surface area contributed by atoms with Crippen LogP contribution >= 0.6 is 24.4 Å². The number of guanidine groups is 1. The summed E-state index contributed by atoms with van der Waals surface area (Å²) in [7, 11) is 0. The summed E-state index contributed by atoms with van der Waals surface area (Å²) >= 11 is 5.54. The molecule has 27 heteroatoms. The maximum Gasteiger partial charge on any atom is 0.326 e. The fourth-order valence-electron chi connectivity index (χ4n) is 7.75. The molecule has 2 heterocycles. The second-order valence-corrected chi connectivity index (χ2v) is 18.9. The van der Waals surface area contributed by atoms with Gasteiger partial charge in [-0.25, -0.2) is 9.78 Å². The maximum atomic E-state index is 14.5. The standard InChI is InChI=1S/C47H65N13O12S2/c1-2-74-24-36(43(68)56-33(20-28-22-51-25-53-28)45(70)60-17-7-11-37(60)44(69)57-34(46(71)72)19-26-8-4-3-5-9-26)59-41(66)32(18-27-12-14-29(61)15-13-27)55-42(67)35(23-73)58-40(65)31(10-6-16-52-47(49)50)54-39(64)30(48)21-38(62)63/h3-5,8-9,12-15,22,25,30-37,61,73H,2,6-7,10-11,16-21,23-24,48H2,1H3,(H,51,53)(H,54,64)(H,55,67)(H,56,68)(H,57,69)(H,58,65)(H,59,66)(H,62,63)(H,71,72)(H4,49,50,52)/t30-,31-,32-,33-,34-,35-,36-,37-/m0/s1. The van der Waals surface area contributed by atoms with E-state index in [1.54, 1.807) is 30.3 Å². The first-order chi connectivity index (χ1) is 35.3. The number of phenols is 1. The third-order valence-electron chi connectivity index (χ3n) is 11.6. The molecule has 1 fully saturated rings. The fourth-order valence-corrected chi connectivity index (χ4v) is 8.71. The lowest BCUT2D eigenvalue weighted by atomic mass is 10.0. The number of rotatable bonds is 30. The molecular weight excluding hydrogens is 1000 g/mol. The number of imidazole rings is 1. The Labute approximate surface area is 436 Å². The van der Waals surface area contributed by atoms with Gasteiger partial charge in [0.25, 0.3) is 0 Å². The Balaban J connectivity index is 1.56. The number of aromatic hydroxyl groups is 1. The van der Waals surface area contributed by atoms with Crippen LogP contribution in [-0.4, -0.2) is 168 Å². The highest BCUT2D eigenvalue weighted by Crippen LogP contribution is 2.21. The van der Waals surface area contributed by atoms with Crippen LogP contribution in [0.25, 0.3) is 0 Å². The Morgan fingerprint density at radius 1 is 0.784 bits per heavy atom. The number of phenolic OH excluding ortho intramolecular Hbond substituents is 1. The predicted octanol–water partition coefficient (Wildman–Crippen LogP) is -2.33. The van der Waals surface area contributed by atoms with Gasteiger partial charge in [-0.1, -0.05) is 49.4 Å². The van der Waals surface area contributed by atoms with Crippen molar-refractivity contribution < 1.29 is 58.5 Å². The van der Waals surface area contributed by atoms with Gasteiger partial charge in [-0.05, 0) is 54.7 Å². The first-order valence-corrected chi connectivity index (χ1v) is 25.4. The molecule has 1 aliphatic rings. The smallest absolute Gasteiger partial charge is 0.326 e. The number of carbonyl (C=O) groups is 9. The molecule has 0 aliphatic carbocycles. The Morgan fingerprint density at radius 3 is 2.00 bits per heavy atom. The van der Waals surface area contributed by atoms with Crippen molar-refractivity contribution in [3.63, 3.8) is 0 Å². The first kappa shape index (κ1) is 59.2. The number of likely N-dealkylation sites (tertiary alicyclic amines) is 1. The number of carboxylic acid groups (broad SMARTS) is 2. The van der Waals surface area contributed by atoms with E-state index in [4.69, 9.17) is 22.3 Å². The molecule has 1 aromatic heterocycles. The number of nitrogens with one attached hydrogen (secondary N) is 7. The predicted molar refractivity (Wildman–Crippen MR) is 275 cm³/mol. The summed E-state index contributed by atoms with van der Waals surface area (Å²) in [4.78, 5) is 133. The fraction of sp³-hybridized carbons (Fsp3) is 0.468.